The number of piperidine rings is 1. The molecule has 1 amide bonds. The third kappa shape index (κ3) is 3.48. The normalized spacial score (nSPS) is 23.1. The van der Waals surface area contributed by atoms with E-state index in [2.05, 4.69) is 33.5 Å². The van der Waals surface area contributed by atoms with Gasteiger partial charge in [0.1, 0.15) is 0 Å². The van der Waals surface area contributed by atoms with Crippen LogP contribution in [0.4, 0.5) is 11.4 Å². The topological polar surface area (TPSA) is 67.2 Å². The minimum Gasteiger partial charge on any atom is -0.397 e. The fourth-order valence-electron chi connectivity index (χ4n) is 2.46. The first kappa shape index (κ1) is 14.3. The molecule has 1 saturated heterocycles. The van der Waals surface area contributed by atoms with Gasteiger partial charge >= 0.3 is 0 Å². The molecule has 0 aliphatic carbocycles. The number of benzene rings is 1. The van der Waals surface area contributed by atoms with Crippen LogP contribution in [0.5, 0.6) is 0 Å². The molecule has 0 aromatic heterocycles. The van der Waals surface area contributed by atoms with Gasteiger partial charge in [0.05, 0.1) is 11.4 Å². The molecule has 2 atom stereocenters. The standard InChI is InChI=1S/C14H20BrN3O/c1-8-5-11(15)7-12(13(8)16)18-14(19)10-3-4-17-9(2)6-10/h5,7,9-10,17H,3-4,6,16H2,1-2H3,(H,18,19)/t9-,10-/m0/s1. The van der Waals surface area contributed by atoms with Gasteiger partial charge in [-0.25, -0.2) is 0 Å². The van der Waals surface area contributed by atoms with Crippen LogP contribution in [0, 0.1) is 12.8 Å². The molecule has 0 radical (unpaired) electrons. The van der Waals surface area contributed by atoms with E-state index in [9.17, 15) is 4.79 Å². The second kappa shape index (κ2) is 5.92. The Balaban J connectivity index is 2.10. The number of anilines is 2. The summed E-state index contributed by atoms with van der Waals surface area (Å²) in [6.45, 7) is 4.94. The number of amides is 1. The third-order valence-corrected chi connectivity index (χ3v) is 4.06. The van der Waals surface area contributed by atoms with Crippen LogP contribution in [0.2, 0.25) is 0 Å². The monoisotopic (exact) mass is 325 g/mol. The van der Waals surface area contributed by atoms with Crippen molar-refractivity contribution < 1.29 is 4.79 Å². The van der Waals surface area contributed by atoms with E-state index in [-0.39, 0.29) is 11.8 Å². The van der Waals surface area contributed by atoms with Gasteiger partial charge in [-0.1, -0.05) is 15.9 Å². The number of hydrogen-bond donors (Lipinski definition) is 3. The summed E-state index contributed by atoms with van der Waals surface area (Å²) in [6.07, 6.45) is 1.75. The van der Waals surface area contributed by atoms with E-state index in [1.54, 1.807) is 0 Å². The van der Waals surface area contributed by atoms with Crippen molar-refractivity contribution in [1.29, 1.82) is 0 Å². The predicted octanol–water partition coefficient (Wildman–Crippen LogP) is 2.67. The highest BCUT2D eigenvalue weighted by atomic mass is 79.9. The average molecular weight is 326 g/mol. The molecule has 1 fully saturated rings. The molecule has 1 aromatic carbocycles. The number of rotatable bonds is 2. The molecule has 1 aliphatic rings. The third-order valence-electron chi connectivity index (χ3n) is 3.60. The Hall–Kier alpha value is -1.07. The minimum atomic E-state index is 0.0648. The summed E-state index contributed by atoms with van der Waals surface area (Å²) in [5, 5.41) is 6.31. The van der Waals surface area contributed by atoms with E-state index in [0.717, 1.165) is 29.4 Å². The van der Waals surface area contributed by atoms with E-state index in [1.165, 1.54) is 0 Å². The first-order valence-corrected chi connectivity index (χ1v) is 7.36. The maximum atomic E-state index is 12.3. The first-order valence-electron chi connectivity index (χ1n) is 6.57. The van der Waals surface area contributed by atoms with Gasteiger partial charge in [0.25, 0.3) is 0 Å². The average Bonchev–Trinajstić information content (AvgIpc) is 2.35. The summed E-state index contributed by atoms with van der Waals surface area (Å²) < 4.78 is 0.924. The highest BCUT2D eigenvalue weighted by Gasteiger charge is 2.25. The number of nitrogen functional groups attached to an aromatic ring is 1. The number of nitrogens with one attached hydrogen (secondary N) is 2. The molecule has 1 aliphatic heterocycles. The SMILES string of the molecule is Cc1cc(Br)cc(NC(=O)[C@H]2CCN[C@@H](C)C2)c1N. The van der Waals surface area contributed by atoms with Gasteiger partial charge in [-0.05, 0) is 50.9 Å². The van der Waals surface area contributed by atoms with Crippen molar-refractivity contribution in [1.82, 2.24) is 5.32 Å². The van der Waals surface area contributed by atoms with Crippen molar-refractivity contribution in [3.63, 3.8) is 0 Å². The Kier molecular flexibility index (Phi) is 4.47. The lowest BCUT2D eigenvalue weighted by Gasteiger charge is -2.27. The number of halogens is 1. The fourth-order valence-corrected chi connectivity index (χ4v) is 3.03. The van der Waals surface area contributed by atoms with Crippen LogP contribution >= 0.6 is 15.9 Å². The summed E-state index contributed by atoms with van der Waals surface area (Å²) in [6, 6.07) is 4.19. The molecular weight excluding hydrogens is 306 g/mol. The van der Waals surface area contributed by atoms with Gasteiger partial charge in [-0.2, -0.15) is 0 Å². The fraction of sp³-hybridized carbons (Fsp3) is 0.500. The number of nitrogens with two attached hydrogens (primary N) is 1. The molecule has 104 valence electrons. The van der Waals surface area contributed by atoms with Crippen LogP contribution in [0.1, 0.15) is 25.3 Å². The number of aryl methyl sites for hydroxylation is 1. The summed E-state index contributed by atoms with van der Waals surface area (Å²) in [4.78, 5) is 12.3. The first-order chi connectivity index (χ1) is 8.97. The Bertz CT molecular complexity index is 490. The largest absolute Gasteiger partial charge is 0.397 e. The Labute approximate surface area is 122 Å². The maximum absolute atomic E-state index is 12.3. The van der Waals surface area contributed by atoms with Gasteiger partial charge in [0.15, 0.2) is 0 Å². The molecule has 0 spiro atoms. The number of carbonyl (C=O) groups excluding carboxylic acids is 1. The Morgan fingerprint density at radius 3 is 2.95 bits per heavy atom. The number of carbonyl (C=O) groups is 1. The molecule has 1 aromatic rings. The van der Waals surface area contributed by atoms with Crippen molar-refractivity contribution in [2.24, 2.45) is 5.92 Å². The van der Waals surface area contributed by atoms with Crippen LogP contribution in [0.25, 0.3) is 0 Å². The van der Waals surface area contributed by atoms with Crippen molar-refractivity contribution in [2.45, 2.75) is 32.7 Å². The van der Waals surface area contributed by atoms with Crippen LogP contribution in [0.3, 0.4) is 0 Å². The molecule has 0 saturated carbocycles. The van der Waals surface area contributed by atoms with Crippen LogP contribution in [-0.4, -0.2) is 18.5 Å². The van der Waals surface area contributed by atoms with Gasteiger partial charge in [0.2, 0.25) is 5.91 Å². The van der Waals surface area contributed by atoms with Crippen LogP contribution in [-0.2, 0) is 4.79 Å². The molecule has 4 N–H and O–H groups in total. The zero-order valence-corrected chi connectivity index (χ0v) is 12.9. The molecular formula is C14H20BrN3O. The zero-order valence-electron chi connectivity index (χ0n) is 11.3. The van der Waals surface area contributed by atoms with Crippen molar-refractivity contribution in [3.8, 4) is 0 Å². The van der Waals surface area contributed by atoms with Crippen LogP contribution < -0.4 is 16.4 Å². The smallest absolute Gasteiger partial charge is 0.227 e. The zero-order chi connectivity index (χ0) is 14.0. The second-order valence-corrected chi connectivity index (χ2v) is 6.17. The molecule has 0 unspecified atom stereocenters. The molecule has 0 bridgehead atoms. The second-order valence-electron chi connectivity index (χ2n) is 5.25. The molecule has 4 nitrogen and oxygen atoms in total. The lowest BCUT2D eigenvalue weighted by molar-refractivity contribution is -0.120. The van der Waals surface area contributed by atoms with Crippen molar-refractivity contribution >= 4 is 33.2 Å². The van der Waals surface area contributed by atoms with Gasteiger partial charge < -0.3 is 16.4 Å². The summed E-state index contributed by atoms with van der Waals surface area (Å²) in [7, 11) is 0. The van der Waals surface area contributed by atoms with E-state index in [1.807, 2.05) is 19.1 Å². The van der Waals surface area contributed by atoms with E-state index < -0.39 is 0 Å². The van der Waals surface area contributed by atoms with Crippen molar-refractivity contribution in [3.05, 3.63) is 22.2 Å². The Morgan fingerprint density at radius 2 is 2.26 bits per heavy atom. The minimum absolute atomic E-state index is 0.0648. The quantitative estimate of drug-likeness (QED) is 0.732. The highest BCUT2D eigenvalue weighted by Crippen LogP contribution is 2.28. The lowest BCUT2D eigenvalue weighted by Crippen LogP contribution is -2.40. The molecule has 2 rings (SSSR count). The summed E-state index contributed by atoms with van der Waals surface area (Å²) in [5.74, 6) is 0.132. The number of hydrogen-bond acceptors (Lipinski definition) is 3. The maximum Gasteiger partial charge on any atom is 0.227 e. The van der Waals surface area contributed by atoms with Gasteiger partial charge in [-0.3, -0.25) is 4.79 Å². The molecule has 5 heteroatoms. The lowest BCUT2D eigenvalue weighted by atomic mass is 9.92. The summed E-state index contributed by atoms with van der Waals surface area (Å²) in [5.41, 5.74) is 8.30. The van der Waals surface area contributed by atoms with E-state index in [0.29, 0.717) is 17.4 Å². The van der Waals surface area contributed by atoms with Gasteiger partial charge in [-0.15, -0.1) is 0 Å². The Morgan fingerprint density at radius 1 is 1.53 bits per heavy atom. The predicted molar refractivity (Wildman–Crippen MR) is 82.1 cm³/mol. The van der Waals surface area contributed by atoms with Crippen LogP contribution in [0.15, 0.2) is 16.6 Å². The summed E-state index contributed by atoms with van der Waals surface area (Å²) >= 11 is 3.43. The van der Waals surface area contributed by atoms with E-state index >= 15 is 0 Å². The van der Waals surface area contributed by atoms with Crippen molar-refractivity contribution in [2.75, 3.05) is 17.6 Å². The molecule has 19 heavy (non-hydrogen) atoms. The highest BCUT2D eigenvalue weighted by molar-refractivity contribution is 9.10. The van der Waals surface area contributed by atoms with Gasteiger partial charge in [0, 0.05) is 16.4 Å². The van der Waals surface area contributed by atoms with E-state index in [4.69, 9.17) is 5.73 Å². The molecule has 1 heterocycles.